The number of benzene rings is 1. The van der Waals surface area contributed by atoms with Gasteiger partial charge < -0.3 is 9.52 Å². The first kappa shape index (κ1) is 12.7. The van der Waals surface area contributed by atoms with Crippen LogP contribution in [-0.2, 0) is 5.75 Å². The molecule has 0 amide bonds. The molecule has 3 rings (SSSR count). The molecule has 5 nitrogen and oxygen atoms in total. The zero-order valence-electron chi connectivity index (χ0n) is 10.3. The lowest BCUT2D eigenvalue weighted by Gasteiger charge is -2.02. The summed E-state index contributed by atoms with van der Waals surface area (Å²) in [4.78, 5) is 10.7. The zero-order valence-corrected chi connectivity index (χ0v) is 11.1. The first-order chi connectivity index (χ1) is 9.74. The minimum absolute atomic E-state index is 0.0513. The highest BCUT2D eigenvalue weighted by Gasteiger charge is 2.10. The Bertz CT molecular complexity index is 764. The van der Waals surface area contributed by atoms with Gasteiger partial charge in [0.15, 0.2) is 0 Å². The summed E-state index contributed by atoms with van der Waals surface area (Å²) in [7, 11) is 0. The number of hydrogen-bond donors (Lipinski definition) is 1. The van der Waals surface area contributed by atoms with Crippen molar-refractivity contribution in [2.75, 3.05) is 0 Å². The Morgan fingerprint density at radius 2 is 2.10 bits per heavy atom. The summed E-state index contributed by atoms with van der Waals surface area (Å²) in [6, 6.07) is 11.0. The van der Waals surface area contributed by atoms with E-state index in [9.17, 15) is 4.79 Å². The van der Waals surface area contributed by atoms with E-state index in [0.29, 0.717) is 11.5 Å². The molecule has 0 radical (unpaired) electrons. The van der Waals surface area contributed by atoms with E-state index in [1.807, 2.05) is 24.3 Å². The molecule has 0 saturated carbocycles. The Hall–Kier alpha value is -2.34. The van der Waals surface area contributed by atoms with Gasteiger partial charge in [-0.1, -0.05) is 36.0 Å². The number of carbonyl (C=O) groups is 1. The van der Waals surface area contributed by atoms with E-state index in [4.69, 9.17) is 9.52 Å². The molecule has 0 bridgehead atoms. The number of nitrogens with zero attached hydrogens (tertiary/aromatic N) is 2. The second-order valence-electron chi connectivity index (χ2n) is 4.10. The molecular weight excluding hydrogens is 276 g/mol. The molecule has 3 aromatic rings. The van der Waals surface area contributed by atoms with Crippen LogP contribution >= 0.6 is 11.8 Å². The number of carboxylic acid groups (broad SMARTS) is 1. The number of fused-ring (bicyclic) bond motifs is 1. The van der Waals surface area contributed by atoms with Gasteiger partial charge in [-0.2, -0.15) is 5.10 Å². The first-order valence-electron chi connectivity index (χ1n) is 5.89. The van der Waals surface area contributed by atoms with Crippen LogP contribution in [0.3, 0.4) is 0 Å². The molecule has 0 atom stereocenters. The fourth-order valence-electron chi connectivity index (χ4n) is 1.82. The largest absolute Gasteiger partial charge is 0.475 e. The average molecular weight is 286 g/mol. The number of aromatic carboxylic acids is 1. The molecule has 0 aliphatic heterocycles. The standard InChI is InChI=1S/C14H10N2O3S/c17-14(18)12-6-5-10(19-12)8-20-13-11-4-2-1-3-9(11)7-15-16-13/h1-7H,8H2,(H,17,18). The molecule has 0 spiro atoms. The molecular formula is C14H10N2O3S. The van der Waals surface area contributed by atoms with Gasteiger partial charge in [0.1, 0.15) is 10.8 Å². The number of hydrogen-bond acceptors (Lipinski definition) is 5. The normalized spacial score (nSPS) is 10.8. The second-order valence-corrected chi connectivity index (χ2v) is 5.06. The summed E-state index contributed by atoms with van der Waals surface area (Å²) < 4.78 is 5.21. The highest BCUT2D eigenvalue weighted by molar-refractivity contribution is 7.98. The van der Waals surface area contributed by atoms with Crippen molar-refractivity contribution >= 4 is 28.5 Å². The maximum atomic E-state index is 10.7. The number of carboxylic acids is 1. The fraction of sp³-hybridized carbons (Fsp3) is 0.0714. The van der Waals surface area contributed by atoms with Crippen molar-refractivity contribution in [1.29, 1.82) is 0 Å². The van der Waals surface area contributed by atoms with Gasteiger partial charge in [0.25, 0.3) is 0 Å². The smallest absolute Gasteiger partial charge is 0.371 e. The molecule has 1 N–H and O–H groups in total. The minimum atomic E-state index is -1.06. The molecule has 0 saturated heterocycles. The lowest BCUT2D eigenvalue weighted by atomic mass is 10.2. The van der Waals surface area contributed by atoms with Crippen LogP contribution < -0.4 is 0 Å². The van der Waals surface area contributed by atoms with Crippen LogP contribution in [0.25, 0.3) is 10.8 Å². The van der Waals surface area contributed by atoms with E-state index in [1.54, 1.807) is 12.3 Å². The fourth-order valence-corrected chi connectivity index (χ4v) is 2.70. The predicted molar refractivity (Wildman–Crippen MR) is 74.8 cm³/mol. The van der Waals surface area contributed by atoms with E-state index in [1.165, 1.54) is 17.8 Å². The third-order valence-electron chi connectivity index (χ3n) is 2.76. The van der Waals surface area contributed by atoms with Crippen molar-refractivity contribution in [3.63, 3.8) is 0 Å². The Balaban J connectivity index is 1.81. The summed E-state index contributed by atoms with van der Waals surface area (Å²) in [5, 5.41) is 19.7. The summed E-state index contributed by atoms with van der Waals surface area (Å²) in [5.74, 6) is -0.00591. The van der Waals surface area contributed by atoms with Crippen LogP contribution in [-0.4, -0.2) is 21.3 Å². The van der Waals surface area contributed by atoms with Gasteiger partial charge in [-0.05, 0) is 12.1 Å². The third kappa shape index (κ3) is 2.50. The van der Waals surface area contributed by atoms with Crippen molar-refractivity contribution in [2.24, 2.45) is 0 Å². The SMILES string of the molecule is O=C(O)c1ccc(CSc2nncc3ccccc23)o1. The maximum Gasteiger partial charge on any atom is 0.371 e. The molecule has 1 aromatic carbocycles. The maximum absolute atomic E-state index is 10.7. The van der Waals surface area contributed by atoms with Gasteiger partial charge in [0.2, 0.25) is 5.76 Å². The van der Waals surface area contributed by atoms with Crippen LogP contribution in [0.5, 0.6) is 0 Å². The Kier molecular flexibility index (Phi) is 3.39. The lowest BCUT2D eigenvalue weighted by molar-refractivity contribution is 0.0661. The van der Waals surface area contributed by atoms with Crippen molar-refractivity contribution in [1.82, 2.24) is 10.2 Å². The van der Waals surface area contributed by atoms with Gasteiger partial charge in [-0.15, -0.1) is 5.10 Å². The van der Waals surface area contributed by atoms with E-state index in [2.05, 4.69) is 10.2 Å². The molecule has 0 aliphatic carbocycles. The molecule has 0 aliphatic rings. The summed E-state index contributed by atoms with van der Waals surface area (Å²) >= 11 is 1.47. The van der Waals surface area contributed by atoms with Crippen LogP contribution in [0.1, 0.15) is 16.3 Å². The predicted octanol–water partition coefficient (Wildman–Crippen LogP) is 3.21. The van der Waals surface area contributed by atoms with Crippen LogP contribution in [0.15, 0.2) is 52.0 Å². The van der Waals surface area contributed by atoms with Crippen LogP contribution in [0.4, 0.5) is 0 Å². The van der Waals surface area contributed by atoms with Crippen molar-refractivity contribution in [2.45, 2.75) is 10.8 Å². The number of rotatable bonds is 4. The van der Waals surface area contributed by atoms with Gasteiger partial charge in [-0.3, -0.25) is 0 Å². The second kappa shape index (κ2) is 5.34. The Labute approximate surface area is 118 Å². The van der Waals surface area contributed by atoms with Gasteiger partial charge >= 0.3 is 5.97 Å². The number of thioether (sulfide) groups is 1. The quantitative estimate of drug-likeness (QED) is 0.742. The molecule has 6 heteroatoms. The van der Waals surface area contributed by atoms with E-state index in [-0.39, 0.29) is 5.76 Å². The molecule has 20 heavy (non-hydrogen) atoms. The minimum Gasteiger partial charge on any atom is -0.475 e. The van der Waals surface area contributed by atoms with Gasteiger partial charge in [0, 0.05) is 10.8 Å². The van der Waals surface area contributed by atoms with Gasteiger partial charge in [-0.25, -0.2) is 4.79 Å². The topological polar surface area (TPSA) is 76.2 Å². The van der Waals surface area contributed by atoms with E-state index in [0.717, 1.165) is 15.8 Å². The summed E-state index contributed by atoms with van der Waals surface area (Å²) in [6.07, 6.45) is 1.72. The Morgan fingerprint density at radius 3 is 2.90 bits per heavy atom. The van der Waals surface area contributed by atoms with E-state index >= 15 is 0 Å². The molecule has 100 valence electrons. The van der Waals surface area contributed by atoms with Crippen molar-refractivity contribution < 1.29 is 14.3 Å². The van der Waals surface area contributed by atoms with Crippen LogP contribution in [0, 0.1) is 0 Å². The first-order valence-corrected chi connectivity index (χ1v) is 6.88. The lowest BCUT2D eigenvalue weighted by Crippen LogP contribution is -1.92. The molecule has 2 aromatic heterocycles. The van der Waals surface area contributed by atoms with Crippen molar-refractivity contribution in [3.8, 4) is 0 Å². The summed E-state index contributed by atoms with van der Waals surface area (Å²) in [5.41, 5.74) is 0. The molecule has 2 heterocycles. The average Bonchev–Trinajstić information content (AvgIpc) is 2.94. The van der Waals surface area contributed by atoms with E-state index < -0.39 is 5.97 Å². The van der Waals surface area contributed by atoms with Gasteiger partial charge in [0.05, 0.1) is 11.9 Å². The van der Waals surface area contributed by atoms with Crippen LogP contribution in [0.2, 0.25) is 0 Å². The monoisotopic (exact) mass is 286 g/mol. The molecule has 0 fully saturated rings. The molecule has 0 unspecified atom stereocenters. The third-order valence-corrected chi connectivity index (χ3v) is 3.76. The summed E-state index contributed by atoms with van der Waals surface area (Å²) in [6.45, 7) is 0. The Morgan fingerprint density at radius 1 is 1.25 bits per heavy atom. The number of furan rings is 1. The zero-order chi connectivity index (χ0) is 13.9. The van der Waals surface area contributed by atoms with Crippen molar-refractivity contribution in [3.05, 3.63) is 54.1 Å². The highest BCUT2D eigenvalue weighted by Crippen LogP contribution is 2.27. The highest BCUT2D eigenvalue weighted by atomic mass is 32.2. The number of aromatic nitrogens is 2.